The van der Waals surface area contributed by atoms with Gasteiger partial charge in [0.2, 0.25) is 5.88 Å². The van der Waals surface area contributed by atoms with Crippen LogP contribution < -0.4 is 4.74 Å². The second kappa shape index (κ2) is 3.87. The van der Waals surface area contributed by atoms with Gasteiger partial charge in [-0.05, 0) is 0 Å². The number of methoxy groups -OCH3 is 1. The second-order valence-corrected chi connectivity index (χ2v) is 2.20. The first-order valence-corrected chi connectivity index (χ1v) is 3.39. The number of aldehydes is 1. The maximum Gasteiger partial charge on any atom is 0.214 e. The lowest BCUT2D eigenvalue weighted by Gasteiger charge is -2.02. The smallest absolute Gasteiger partial charge is 0.214 e. The molecule has 0 spiro atoms. The molecule has 0 aliphatic carbocycles. The van der Waals surface area contributed by atoms with Crippen LogP contribution in [0.5, 0.6) is 5.88 Å². The molecule has 1 aromatic rings. The number of aryl methyl sites for hydroxylation is 1. The highest BCUT2D eigenvalue weighted by molar-refractivity contribution is 5.72. The number of carbonyl (C=O) groups is 1. The standard InChI is InChI=1S/C7H10N2O3/c1-9-7(12-5-11-2)3-6(4-10)8-9/h3-4H,5H2,1-2H3. The van der Waals surface area contributed by atoms with E-state index in [0.717, 1.165) is 0 Å². The fraction of sp³-hybridized carbons (Fsp3) is 0.429. The molecule has 0 aromatic carbocycles. The summed E-state index contributed by atoms with van der Waals surface area (Å²) >= 11 is 0. The summed E-state index contributed by atoms with van der Waals surface area (Å²) in [4.78, 5) is 10.3. The van der Waals surface area contributed by atoms with Gasteiger partial charge in [0.25, 0.3) is 0 Å². The van der Waals surface area contributed by atoms with Gasteiger partial charge >= 0.3 is 0 Å². The van der Waals surface area contributed by atoms with Crippen LogP contribution in [0.2, 0.25) is 0 Å². The van der Waals surface area contributed by atoms with Crippen molar-refractivity contribution in [1.29, 1.82) is 0 Å². The lowest BCUT2D eigenvalue weighted by Crippen LogP contribution is -2.03. The van der Waals surface area contributed by atoms with Crippen molar-refractivity contribution < 1.29 is 14.3 Å². The Bertz CT molecular complexity index is 270. The second-order valence-electron chi connectivity index (χ2n) is 2.20. The number of aromatic nitrogens is 2. The summed E-state index contributed by atoms with van der Waals surface area (Å²) in [6.07, 6.45) is 0.666. The Morgan fingerprint density at radius 2 is 2.50 bits per heavy atom. The van der Waals surface area contributed by atoms with E-state index in [0.29, 0.717) is 17.9 Å². The van der Waals surface area contributed by atoms with Crippen molar-refractivity contribution in [2.75, 3.05) is 13.9 Å². The van der Waals surface area contributed by atoms with Crippen LogP contribution in [0.4, 0.5) is 0 Å². The number of rotatable bonds is 4. The van der Waals surface area contributed by atoms with E-state index in [1.807, 2.05) is 0 Å². The van der Waals surface area contributed by atoms with Crippen LogP contribution in [0.3, 0.4) is 0 Å². The number of ether oxygens (including phenoxy) is 2. The molecule has 66 valence electrons. The Labute approximate surface area is 69.9 Å². The zero-order valence-electron chi connectivity index (χ0n) is 6.98. The van der Waals surface area contributed by atoms with Gasteiger partial charge in [-0.25, -0.2) is 4.68 Å². The Balaban J connectivity index is 2.70. The number of hydrogen-bond donors (Lipinski definition) is 0. The Morgan fingerprint density at radius 3 is 3.00 bits per heavy atom. The largest absolute Gasteiger partial charge is 0.451 e. The van der Waals surface area contributed by atoms with Gasteiger partial charge in [0.05, 0.1) is 0 Å². The average Bonchev–Trinajstić information content (AvgIpc) is 2.43. The molecule has 0 fully saturated rings. The lowest BCUT2D eigenvalue weighted by atomic mass is 10.5. The third kappa shape index (κ3) is 1.82. The zero-order valence-corrected chi connectivity index (χ0v) is 6.98. The molecule has 0 N–H and O–H groups in total. The fourth-order valence-corrected chi connectivity index (χ4v) is 0.783. The SMILES string of the molecule is COCOc1cc(C=O)nn1C. The highest BCUT2D eigenvalue weighted by Gasteiger charge is 2.03. The van der Waals surface area contributed by atoms with Crippen LogP contribution in [0, 0.1) is 0 Å². The molecule has 1 aromatic heterocycles. The highest BCUT2D eigenvalue weighted by atomic mass is 16.7. The first-order chi connectivity index (χ1) is 5.77. The fourth-order valence-electron chi connectivity index (χ4n) is 0.783. The molecular formula is C7H10N2O3. The van der Waals surface area contributed by atoms with Crippen molar-refractivity contribution in [3.8, 4) is 5.88 Å². The van der Waals surface area contributed by atoms with Gasteiger partial charge < -0.3 is 9.47 Å². The molecule has 0 amide bonds. The normalized spacial score (nSPS) is 9.83. The molecule has 0 radical (unpaired) electrons. The monoisotopic (exact) mass is 170 g/mol. The minimum atomic E-state index is 0.151. The van der Waals surface area contributed by atoms with Crippen LogP contribution in [0.15, 0.2) is 6.07 Å². The molecular weight excluding hydrogens is 160 g/mol. The molecule has 0 saturated heterocycles. The number of hydrogen-bond acceptors (Lipinski definition) is 4. The Hall–Kier alpha value is -1.36. The molecule has 0 bridgehead atoms. The van der Waals surface area contributed by atoms with Gasteiger partial charge in [0.15, 0.2) is 13.1 Å². The maximum absolute atomic E-state index is 10.3. The predicted molar refractivity (Wildman–Crippen MR) is 41.1 cm³/mol. The third-order valence-corrected chi connectivity index (χ3v) is 1.30. The van der Waals surface area contributed by atoms with E-state index in [4.69, 9.17) is 9.47 Å². The molecule has 0 atom stereocenters. The van der Waals surface area contributed by atoms with Crippen molar-refractivity contribution in [3.05, 3.63) is 11.8 Å². The molecule has 0 unspecified atom stereocenters. The molecule has 0 aliphatic rings. The Morgan fingerprint density at radius 1 is 1.75 bits per heavy atom. The van der Waals surface area contributed by atoms with Gasteiger partial charge in [-0.1, -0.05) is 0 Å². The van der Waals surface area contributed by atoms with E-state index in [1.165, 1.54) is 11.8 Å². The molecule has 5 nitrogen and oxygen atoms in total. The van der Waals surface area contributed by atoms with E-state index in [1.54, 1.807) is 13.1 Å². The molecule has 0 aliphatic heterocycles. The topological polar surface area (TPSA) is 53.4 Å². The van der Waals surface area contributed by atoms with Crippen LogP contribution in [0.25, 0.3) is 0 Å². The van der Waals surface area contributed by atoms with E-state index < -0.39 is 0 Å². The molecule has 1 heterocycles. The van der Waals surface area contributed by atoms with Gasteiger partial charge in [0, 0.05) is 20.2 Å². The highest BCUT2D eigenvalue weighted by Crippen LogP contribution is 2.09. The summed E-state index contributed by atoms with van der Waals surface area (Å²) in [5, 5.41) is 3.85. The molecule has 0 saturated carbocycles. The van der Waals surface area contributed by atoms with E-state index in [9.17, 15) is 4.79 Å². The summed E-state index contributed by atoms with van der Waals surface area (Å²) in [5.41, 5.74) is 0.351. The molecule has 12 heavy (non-hydrogen) atoms. The maximum atomic E-state index is 10.3. The van der Waals surface area contributed by atoms with Crippen LogP contribution in [0.1, 0.15) is 10.5 Å². The summed E-state index contributed by atoms with van der Waals surface area (Å²) in [6, 6.07) is 1.55. The third-order valence-electron chi connectivity index (χ3n) is 1.30. The number of carbonyl (C=O) groups excluding carboxylic acids is 1. The van der Waals surface area contributed by atoms with Crippen molar-refractivity contribution in [2.24, 2.45) is 7.05 Å². The average molecular weight is 170 g/mol. The molecule has 5 heteroatoms. The summed E-state index contributed by atoms with van der Waals surface area (Å²) in [7, 11) is 3.22. The van der Waals surface area contributed by atoms with Gasteiger partial charge in [-0.2, -0.15) is 5.10 Å². The van der Waals surface area contributed by atoms with Crippen molar-refractivity contribution >= 4 is 6.29 Å². The summed E-state index contributed by atoms with van der Waals surface area (Å²) in [6.45, 7) is 0.151. The lowest BCUT2D eigenvalue weighted by molar-refractivity contribution is 0.0448. The predicted octanol–water partition coefficient (Wildman–Crippen LogP) is 0.215. The zero-order chi connectivity index (χ0) is 8.97. The van der Waals surface area contributed by atoms with Crippen LogP contribution >= 0.6 is 0 Å². The van der Waals surface area contributed by atoms with Gasteiger partial charge in [-0.3, -0.25) is 4.79 Å². The molecule has 1 rings (SSSR count). The quantitative estimate of drug-likeness (QED) is 0.479. The van der Waals surface area contributed by atoms with Gasteiger partial charge in [0.1, 0.15) is 5.69 Å². The van der Waals surface area contributed by atoms with E-state index >= 15 is 0 Å². The van der Waals surface area contributed by atoms with Crippen molar-refractivity contribution in [3.63, 3.8) is 0 Å². The minimum absolute atomic E-state index is 0.151. The van der Waals surface area contributed by atoms with E-state index in [2.05, 4.69) is 5.10 Å². The minimum Gasteiger partial charge on any atom is -0.451 e. The van der Waals surface area contributed by atoms with E-state index in [-0.39, 0.29) is 6.79 Å². The van der Waals surface area contributed by atoms with Crippen LogP contribution in [-0.4, -0.2) is 30.0 Å². The van der Waals surface area contributed by atoms with Crippen LogP contribution in [-0.2, 0) is 11.8 Å². The van der Waals surface area contributed by atoms with Crippen molar-refractivity contribution in [1.82, 2.24) is 9.78 Å². The van der Waals surface area contributed by atoms with Gasteiger partial charge in [-0.15, -0.1) is 0 Å². The first kappa shape index (κ1) is 8.73. The summed E-state index contributed by atoms with van der Waals surface area (Å²) in [5.74, 6) is 0.513. The first-order valence-electron chi connectivity index (χ1n) is 3.39. The Kier molecular flexibility index (Phi) is 2.82. The van der Waals surface area contributed by atoms with Crippen molar-refractivity contribution in [2.45, 2.75) is 0 Å². The summed E-state index contributed by atoms with van der Waals surface area (Å²) < 4.78 is 11.3. The number of nitrogens with zero attached hydrogens (tertiary/aromatic N) is 2.